The Balaban J connectivity index is 1.79. The summed E-state index contributed by atoms with van der Waals surface area (Å²) >= 11 is 1.51. The lowest BCUT2D eigenvalue weighted by Gasteiger charge is -2.01. The summed E-state index contributed by atoms with van der Waals surface area (Å²) in [7, 11) is 0. The third kappa shape index (κ3) is 3.06. The maximum Gasteiger partial charge on any atom is 0.188 e. The van der Waals surface area contributed by atoms with Gasteiger partial charge in [0.25, 0.3) is 0 Å². The van der Waals surface area contributed by atoms with Crippen LogP contribution in [0.1, 0.15) is 21.1 Å². The number of pyridine rings is 1. The number of thiazole rings is 1. The lowest BCUT2D eigenvalue weighted by molar-refractivity contribution is 0.0987. The lowest BCUT2D eigenvalue weighted by Crippen LogP contribution is -2.07. The zero-order chi connectivity index (χ0) is 14.7. The third-order valence-corrected chi connectivity index (χ3v) is 4.06. The summed E-state index contributed by atoms with van der Waals surface area (Å²) in [6.45, 7) is 1.90. The molecular formula is C17H14N2OS. The van der Waals surface area contributed by atoms with Gasteiger partial charge in [0.1, 0.15) is 10.7 Å². The van der Waals surface area contributed by atoms with Crippen LogP contribution >= 0.6 is 11.3 Å². The van der Waals surface area contributed by atoms with Crippen molar-refractivity contribution in [1.82, 2.24) is 9.97 Å². The van der Waals surface area contributed by atoms with Crippen LogP contribution in [0.3, 0.4) is 0 Å². The Bertz CT molecular complexity index is 765. The molecule has 2 aromatic heterocycles. The van der Waals surface area contributed by atoms with Gasteiger partial charge in [0.2, 0.25) is 0 Å². The van der Waals surface area contributed by atoms with E-state index < -0.39 is 0 Å². The molecule has 0 saturated heterocycles. The molecule has 0 unspecified atom stereocenters. The molecule has 0 aliphatic carbocycles. The van der Waals surface area contributed by atoms with Crippen molar-refractivity contribution in [1.29, 1.82) is 0 Å². The van der Waals surface area contributed by atoms with Crippen molar-refractivity contribution in [2.45, 2.75) is 13.3 Å². The van der Waals surface area contributed by atoms with Crippen LogP contribution in [0, 0.1) is 6.92 Å². The number of Topliss-reactive ketones (excluding diaryl/α,β-unsaturated/α-hetero) is 1. The maximum absolute atomic E-state index is 12.3. The maximum atomic E-state index is 12.3. The Labute approximate surface area is 127 Å². The average molecular weight is 294 g/mol. The molecule has 3 rings (SSSR count). The summed E-state index contributed by atoms with van der Waals surface area (Å²) in [5.74, 6) is 0.0158. The van der Waals surface area contributed by atoms with Crippen LogP contribution in [0.2, 0.25) is 0 Å². The number of rotatable bonds is 4. The van der Waals surface area contributed by atoms with Crippen molar-refractivity contribution < 1.29 is 4.79 Å². The fraction of sp³-hybridized carbons (Fsp3) is 0.118. The van der Waals surface area contributed by atoms with E-state index in [2.05, 4.69) is 9.97 Å². The molecule has 0 spiro atoms. The Kier molecular flexibility index (Phi) is 3.88. The monoisotopic (exact) mass is 294 g/mol. The number of hydrogen-bond donors (Lipinski definition) is 0. The van der Waals surface area contributed by atoms with Crippen LogP contribution < -0.4 is 0 Å². The SMILES string of the molecule is Cc1cccnc1C(=O)Cc1nc(-c2ccccc2)cs1. The molecule has 21 heavy (non-hydrogen) atoms. The van der Waals surface area contributed by atoms with Crippen molar-refractivity contribution in [3.63, 3.8) is 0 Å². The predicted molar refractivity (Wildman–Crippen MR) is 84.6 cm³/mol. The predicted octanol–water partition coefficient (Wildman–Crippen LogP) is 3.94. The van der Waals surface area contributed by atoms with Crippen LogP contribution in [-0.2, 0) is 6.42 Å². The second kappa shape index (κ2) is 5.97. The van der Waals surface area contributed by atoms with E-state index in [0.717, 1.165) is 21.8 Å². The summed E-state index contributed by atoms with van der Waals surface area (Å²) in [6.07, 6.45) is 1.95. The molecule has 0 bridgehead atoms. The smallest absolute Gasteiger partial charge is 0.188 e. The second-order valence-corrected chi connectivity index (χ2v) is 5.70. The molecule has 0 radical (unpaired) electrons. The van der Waals surface area contributed by atoms with E-state index in [4.69, 9.17) is 0 Å². The Morgan fingerprint density at radius 2 is 1.95 bits per heavy atom. The molecule has 1 aromatic carbocycles. The van der Waals surface area contributed by atoms with Crippen molar-refractivity contribution in [2.75, 3.05) is 0 Å². The van der Waals surface area contributed by atoms with Gasteiger partial charge in [0.05, 0.1) is 12.1 Å². The van der Waals surface area contributed by atoms with Gasteiger partial charge in [-0.25, -0.2) is 4.98 Å². The highest BCUT2D eigenvalue weighted by Crippen LogP contribution is 2.22. The first kappa shape index (κ1) is 13.6. The lowest BCUT2D eigenvalue weighted by atomic mass is 10.1. The fourth-order valence-corrected chi connectivity index (χ4v) is 2.93. The quantitative estimate of drug-likeness (QED) is 0.684. The molecule has 0 aliphatic heterocycles. The molecule has 0 fully saturated rings. The molecule has 104 valence electrons. The molecule has 0 aliphatic rings. The van der Waals surface area contributed by atoms with Gasteiger partial charge in [-0.05, 0) is 18.6 Å². The summed E-state index contributed by atoms with van der Waals surface area (Å²) in [4.78, 5) is 21.0. The van der Waals surface area contributed by atoms with E-state index in [1.165, 1.54) is 11.3 Å². The van der Waals surface area contributed by atoms with E-state index >= 15 is 0 Å². The van der Waals surface area contributed by atoms with Crippen molar-refractivity contribution in [2.24, 2.45) is 0 Å². The van der Waals surface area contributed by atoms with Gasteiger partial charge in [-0.3, -0.25) is 9.78 Å². The van der Waals surface area contributed by atoms with Crippen molar-refractivity contribution in [3.8, 4) is 11.3 Å². The fourth-order valence-electron chi connectivity index (χ4n) is 2.13. The molecule has 0 amide bonds. The topological polar surface area (TPSA) is 42.9 Å². The molecule has 2 heterocycles. The second-order valence-electron chi connectivity index (χ2n) is 4.76. The minimum atomic E-state index is 0.0158. The van der Waals surface area contributed by atoms with E-state index in [1.807, 2.05) is 54.8 Å². The first-order valence-corrected chi connectivity index (χ1v) is 7.56. The first-order valence-electron chi connectivity index (χ1n) is 6.68. The van der Waals surface area contributed by atoms with Crippen LogP contribution in [0.15, 0.2) is 54.0 Å². The number of nitrogens with zero attached hydrogens (tertiary/aromatic N) is 2. The summed E-state index contributed by atoms with van der Waals surface area (Å²) in [5, 5.41) is 2.81. The van der Waals surface area contributed by atoms with Gasteiger partial charge in [-0.1, -0.05) is 36.4 Å². The number of ketones is 1. The van der Waals surface area contributed by atoms with Crippen molar-refractivity contribution in [3.05, 3.63) is 70.3 Å². The van der Waals surface area contributed by atoms with Crippen LogP contribution in [0.4, 0.5) is 0 Å². The van der Waals surface area contributed by atoms with Gasteiger partial charge in [0.15, 0.2) is 5.78 Å². The third-order valence-electron chi connectivity index (χ3n) is 3.21. The van der Waals surface area contributed by atoms with Crippen LogP contribution in [-0.4, -0.2) is 15.8 Å². The van der Waals surface area contributed by atoms with E-state index in [0.29, 0.717) is 12.1 Å². The van der Waals surface area contributed by atoms with E-state index in [9.17, 15) is 4.79 Å². The van der Waals surface area contributed by atoms with Gasteiger partial charge < -0.3 is 0 Å². The van der Waals surface area contributed by atoms with Gasteiger partial charge in [-0.15, -0.1) is 11.3 Å². The standard InChI is InChI=1S/C17H14N2OS/c1-12-6-5-9-18-17(12)15(20)10-16-19-14(11-21-16)13-7-3-2-4-8-13/h2-9,11H,10H2,1H3. The Morgan fingerprint density at radius 3 is 2.71 bits per heavy atom. The molecule has 3 nitrogen and oxygen atoms in total. The minimum Gasteiger partial charge on any atom is -0.292 e. The zero-order valence-electron chi connectivity index (χ0n) is 11.6. The highest BCUT2D eigenvalue weighted by Gasteiger charge is 2.13. The molecule has 3 aromatic rings. The molecular weight excluding hydrogens is 280 g/mol. The number of aryl methyl sites for hydroxylation is 1. The Morgan fingerprint density at radius 1 is 1.14 bits per heavy atom. The number of benzene rings is 1. The summed E-state index contributed by atoms with van der Waals surface area (Å²) in [6, 6.07) is 13.7. The summed E-state index contributed by atoms with van der Waals surface area (Å²) in [5.41, 5.74) is 3.43. The zero-order valence-corrected chi connectivity index (χ0v) is 12.4. The first-order chi connectivity index (χ1) is 10.2. The molecule has 4 heteroatoms. The highest BCUT2D eigenvalue weighted by molar-refractivity contribution is 7.10. The van der Waals surface area contributed by atoms with Gasteiger partial charge in [-0.2, -0.15) is 0 Å². The molecule has 0 N–H and O–H groups in total. The summed E-state index contributed by atoms with van der Waals surface area (Å²) < 4.78 is 0. The molecule has 0 saturated carbocycles. The minimum absolute atomic E-state index is 0.0158. The van der Waals surface area contributed by atoms with Gasteiger partial charge >= 0.3 is 0 Å². The van der Waals surface area contributed by atoms with Crippen LogP contribution in [0.25, 0.3) is 11.3 Å². The van der Waals surface area contributed by atoms with E-state index in [-0.39, 0.29) is 5.78 Å². The average Bonchev–Trinajstić information content (AvgIpc) is 2.97. The number of carbonyl (C=O) groups is 1. The normalized spacial score (nSPS) is 10.5. The highest BCUT2D eigenvalue weighted by atomic mass is 32.1. The van der Waals surface area contributed by atoms with Crippen molar-refractivity contribution >= 4 is 17.1 Å². The number of carbonyl (C=O) groups excluding carboxylic acids is 1. The van der Waals surface area contributed by atoms with Crippen LogP contribution in [0.5, 0.6) is 0 Å². The van der Waals surface area contributed by atoms with E-state index in [1.54, 1.807) is 6.20 Å². The number of aromatic nitrogens is 2. The van der Waals surface area contributed by atoms with Gasteiger partial charge in [0, 0.05) is 17.1 Å². The largest absolute Gasteiger partial charge is 0.292 e. The Hall–Kier alpha value is -2.33. The molecule has 0 atom stereocenters. The number of hydrogen-bond acceptors (Lipinski definition) is 4.